The Morgan fingerprint density at radius 3 is 1.82 bits per heavy atom. The maximum absolute atomic E-state index is 10.6. The molecule has 1 aliphatic rings. The first-order valence-corrected chi connectivity index (χ1v) is 7.57. The van der Waals surface area contributed by atoms with Gasteiger partial charge in [-0.15, -0.1) is 0 Å². The van der Waals surface area contributed by atoms with E-state index in [0.29, 0.717) is 0 Å². The van der Waals surface area contributed by atoms with Gasteiger partial charge in [0.15, 0.2) is 0 Å². The van der Waals surface area contributed by atoms with Crippen molar-refractivity contribution in [3.8, 4) is 0 Å². The molecule has 1 saturated carbocycles. The zero-order valence-corrected chi connectivity index (χ0v) is 12.0. The van der Waals surface area contributed by atoms with Gasteiger partial charge in [0.1, 0.15) is 0 Å². The summed E-state index contributed by atoms with van der Waals surface area (Å²) in [5, 5.41) is 14.3. The van der Waals surface area contributed by atoms with Gasteiger partial charge in [-0.05, 0) is 32.1 Å². The van der Waals surface area contributed by atoms with Crippen LogP contribution in [0.3, 0.4) is 0 Å². The number of β-amino-alcohol motifs (C(OH)–C–C–N with tert-alkyl or cyclic N) is 1. The predicted molar refractivity (Wildman–Crippen MR) is 74.3 cm³/mol. The Balaban J connectivity index is 2.51. The SMILES string of the molecule is CCC(CC)(CC)NCC1(O)CCCCCC1. The highest BCUT2D eigenvalue weighted by Gasteiger charge is 2.31. The third kappa shape index (κ3) is 4.26. The summed E-state index contributed by atoms with van der Waals surface area (Å²) in [7, 11) is 0. The fraction of sp³-hybridized carbons (Fsp3) is 1.00. The first-order valence-electron chi connectivity index (χ1n) is 7.57. The second-order valence-corrected chi connectivity index (χ2v) is 5.83. The van der Waals surface area contributed by atoms with Crippen molar-refractivity contribution in [1.29, 1.82) is 0 Å². The molecule has 0 aromatic rings. The highest BCUT2D eigenvalue weighted by Crippen LogP contribution is 2.28. The van der Waals surface area contributed by atoms with Crippen LogP contribution >= 0.6 is 0 Å². The summed E-state index contributed by atoms with van der Waals surface area (Å²) in [4.78, 5) is 0. The summed E-state index contributed by atoms with van der Waals surface area (Å²) in [6.07, 6.45) is 10.4. The Morgan fingerprint density at radius 2 is 1.41 bits per heavy atom. The van der Waals surface area contributed by atoms with Gasteiger partial charge in [-0.1, -0.05) is 46.5 Å². The van der Waals surface area contributed by atoms with E-state index >= 15 is 0 Å². The molecule has 2 nitrogen and oxygen atoms in total. The average molecular weight is 241 g/mol. The third-order valence-corrected chi connectivity index (χ3v) is 4.86. The number of hydrogen-bond donors (Lipinski definition) is 2. The smallest absolute Gasteiger partial charge is 0.0771 e. The minimum atomic E-state index is -0.443. The van der Waals surface area contributed by atoms with Crippen LogP contribution in [-0.4, -0.2) is 22.8 Å². The summed E-state index contributed by atoms with van der Waals surface area (Å²) < 4.78 is 0. The van der Waals surface area contributed by atoms with Gasteiger partial charge in [-0.25, -0.2) is 0 Å². The quantitative estimate of drug-likeness (QED) is 0.696. The Bertz CT molecular complexity index is 195. The van der Waals surface area contributed by atoms with E-state index in [1.807, 2.05) is 0 Å². The van der Waals surface area contributed by atoms with Crippen molar-refractivity contribution in [1.82, 2.24) is 5.32 Å². The maximum Gasteiger partial charge on any atom is 0.0771 e. The highest BCUT2D eigenvalue weighted by atomic mass is 16.3. The van der Waals surface area contributed by atoms with Crippen LogP contribution in [-0.2, 0) is 0 Å². The van der Waals surface area contributed by atoms with Gasteiger partial charge >= 0.3 is 0 Å². The van der Waals surface area contributed by atoms with Crippen LogP contribution in [0.15, 0.2) is 0 Å². The topological polar surface area (TPSA) is 32.3 Å². The maximum atomic E-state index is 10.6. The first-order chi connectivity index (χ1) is 8.10. The molecule has 0 radical (unpaired) electrons. The van der Waals surface area contributed by atoms with Gasteiger partial charge < -0.3 is 10.4 Å². The van der Waals surface area contributed by atoms with E-state index in [2.05, 4.69) is 26.1 Å². The minimum absolute atomic E-state index is 0.238. The fourth-order valence-electron chi connectivity index (χ4n) is 3.04. The Hall–Kier alpha value is -0.0800. The Kier molecular flexibility index (Phi) is 5.94. The van der Waals surface area contributed by atoms with Crippen LogP contribution in [0.4, 0.5) is 0 Å². The first kappa shape index (κ1) is 15.0. The van der Waals surface area contributed by atoms with E-state index in [1.54, 1.807) is 0 Å². The minimum Gasteiger partial charge on any atom is -0.389 e. The molecule has 0 bridgehead atoms. The molecule has 2 N–H and O–H groups in total. The van der Waals surface area contributed by atoms with Gasteiger partial charge in [0.25, 0.3) is 0 Å². The van der Waals surface area contributed by atoms with Crippen LogP contribution in [0.25, 0.3) is 0 Å². The van der Waals surface area contributed by atoms with Crippen molar-refractivity contribution in [3.63, 3.8) is 0 Å². The van der Waals surface area contributed by atoms with Crippen LogP contribution in [0.2, 0.25) is 0 Å². The molecule has 0 atom stereocenters. The van der Waals surface area contributed by atoms with E-state index in [0.717, 1.165) is 38.6 Å². The molecule has 1 aliphatic carbocycles. The predicted octanol–water partition coefficient (Wildman–Crippen LogP) is 3.63. The zero-order valence-electron chi connectivity index (χ0n) is 12.0. The van der Waals surface area contributed by atoms with Gasteiger partial charge in [-0.3, -0.25) is 0 Å². The largest absolute Gasteiger partial charge is 0.389 e. The van der Waals surface area contributed by atoms with Crippen molar-refractivity contribution >= 4 is 0 Å². The molecule has 0 saturated heterocycles. The summed E-state index contributed by atoms with van der Waals surface area (Å²) in [5.74, 6) is 0. The van der Waals surface area contributed by atoms with Gasteiger partial charge in [0.2, 0.25) is 0 Å². The van der Waals surface area contributed by atoms with Crippen molar-refractivity contribution in [3.05, 3.63) is 0 Å². The van der Waals surface area contributed by atoms with Gasteiger partial charge in [0, 0.05) is 12.1 Å². The Labute approximate surface area is 107 Å². The zero-order chi connectivity index (χ0) is 12.8. The molecule has 1 fully saturated rings. The molecule has 1 rings (SSSR count). The monoisotopic (exact) mass is 241 g/mol. The standard InChI is InChI=1S/C15H31NO/c1-4-14(5-2,6-3)16-13-15(17)11-9-7-8-10-12-15/h16-17H,4-13H2,1-3H3. The van der Waals surface area contributed by atoms with Crippen LogP contribution in [0.1, 0.15) is 78.6 Å². The lowest BCUT2D eigenvalue weighted by atomic mass is 9.87. The van der Waals surface area contributed by atoms with Gasteiger partial charge in [0.05, 0.1) is 5.60 Å². The number of aliphatic hydroxyl groups is 1. The lowest BCUT2D eigenvalue weighted by Crippen LogP contribution is -2.51. The Morgan fingerprint density at radius 1 is 0.941 bits per heavy atom. The molecule has 102 valence electrons. The fourth-order valence-corrected chi connectivity index (χ4v) is 3.04. The van der Waals surface area contributed by atoms with Crippen LogP contribution in [0, 0.1) is 0 Å². The van der Waals surface area contributed by atoms with Crippen LogP contribution in [0.5, 0.6) is 0 Å². The molecule has 17 heavy (non-hydrogen) atoms. The molecule has 0 heterocycles. The van der Waals surface area contributed by atoms with E-state index in [4.69, 9.17) is 0 Å². The van der Waals surface area contributed by atoms with Crippen molar-refractivity contribution in [2.45, 2.75) is 89.7 Å². The average Bonchev–Trinajstić information content (AvgIpc) is 2.57. The molecule has 0 aromatic heterocycles. The summed E-state index contributed by atoms with van der Waals surface area (Å²) in [6.45, 7) is 7.52. The normalized spacial score (nSPS) is 21.2. The summed E-state index contributed by atoms with van der Waals surface area (Å²) in [5.41, 5.74) is -0.205. The molecular formula is C15H31NO. The second kappa shape index (κ2) is 6.75. The molecule has 2 heteroatoms. The molecule has 0 amide bonds. The molecular weight excluding hydrogens is 210 g/mol. The summed E-state index contributed by atoms with van der Waals surface area (Å²) >= 11 is 0. The lowest BCUT2D eigenvalue weighted by molar-refractivity contribution is 0.0159. The molecule has 0 aromatic carbocycles. The number of nitrogens with one attached hydrogen (secondary N) is 1. The van der Waals surface area contributed by atoms with E-state index in [-0.39, 0.29) is 5.54 Å². The lowest BCUT2D eigenvalue weighted by Gasteiger charge is -2.37. The van der Waals surface area contributed by atoms with E-state index < -0.39 is 5.60 Å². The highest BCUT2D eigenvalue weighted by molar-refractivity contribution is 4.90. The van der Waals surface area contributed by atoms with Crippen molar-refractivity contribution in [2.24, 2.45) is 0 Å². The molecule has 0 spiro atoms. The number of rotatable bonds is 6. The van der Waals surface area contributed by atoms with E-state index in [9.17, 15) is 5.11 Å². The third-order valence-electron chi connectivity index (χ3n) is 4.86. The summed E-state index contributed by atoms with van der Waals surface area (Å²) in [6, 6.07) is 0. The number of hydrogen-bond acceptors (Lipinski definition) is 2. The molecule has 0 unspecified atom stereocenters. The van der Waals surface area contributed by atoms with Gasteiger partial charge in [-0.2, -0.15) is 0 Å². The van der Waals surface area contributed by atoms with Crippen molar-refractivity contribution in [2.75, 3.05) is 6.54 Å². The van der Waals surface area contributed by atoms with Crippen LogP contribution < -0.4 is 5.32 Å². The van der Waals surface area contributed by atoms with Crippen molar-refractivity contribution < 1.29 is 5.11 Å². The molecule has 0 aliphatic heterocycles. The second-order valence-electron chi connectivity index (χ2n) is 5.83. The van der Waals surface area contributed by atoms with E-state index in [1.165, 1.54) is 25.7 Å².